The molecule has 3 heteroatoms. The highest BCUT2D eigenvalue weighted by atomic mass is 32.1. The maximum atomic E-state index is 5.58. The van der Waals surface area contributed by atoms with Crippen molar-refractivity contribution in [2.24, 2.45) is 11.7 Å². The SMILES string of the molecule is C=C(C)/C=C/c1ccc(C)c(S)c1.Cc1ccc(C[C@@H](C)C(N)=S)cc1C. The average Bonchev–Trinajstić information content (AvgIpc) is 2.59. The fourth-order valence-corrected chi connectivity index (χ4v) is 2.66. The molecule has 2 aromatic rings. The molecule has 2 N–H and O–H groups in total. The number of aryl methyl sites for hydroxylation is 3. The van der Waals surface area contributed by atoms with Gasteiger partial charge < -0.3 is 5.73 Å². The highest BCUT2D eigenvalue weighted by molar-refractivity contribution is 7.80. The van der Waals surface area contributed by atoms with Crippen LogP contribution in [0.15, 0.2) is 59.5 Å². The largest absolute Gasteiger partial charge is 0.393 e. The average molecular weight is 398 g/mol. The first-order valence-corrected chi connectivity index (χ1v) is 9.94. The minimum atomic E-state index is 0.284. The van der Waals surface area contributed by atoms with Crippen molar-refractivity contribution in [3.8, 4) is 0 Å². The summed E-state index contributed by atoms with van der Waals surface area (Å²) < 4.78 is 0. The standard InChI is InChI=1S/C12H17NS.C12H14S/c1-8-4-5-11(6-9(8)2)7-10(3)12(13)14;1-9(2)4-6-11-7-5-10(3)12(13)8-11/h4-6,10H,7H2,1-3H3,(H2,13,14);4-8,13H,1H2,2-3H3/b;6-4+/t10-;/m1./s1. The normalized spacial score (nSPS) is 11.6. The first kappa shape index (κ1) is 23.2. The van der Waals surface area contributed by atoms with Crippen molar-refractivity contribution in [1.82, 2.24) is 0 Å². The number of rotatable bonds is 5. The second kappa shape index (κ2) is 11.1. The van der Waals surface area contributed by atoms with Gasteiger partial charge in [-0.25, -0.2) is 0 Å². The fourth-order valence-electron chi connectivity index (χ4n) is 2.35. The van der Waals surface area contributed by atoms with Gasteiger partial charge in [-0.3, -0.25) is 0 Å². The summed E-state index contributed by atoms with van der Waals surface area (Å²) in [6.07, 6.45) is 4.98. The zero-order chi connectivity index (χ0) is 20.6. The number of thiocarbonyl (C=S) groups is 1. The van der Waals surface area contributed by atoms with Crippen LogP contribution in [-0.4, -0.2) is 4.99 Å². The Bertz CT molecular complexity index is 834. The Morgan fingerprint density at radius 2 is 1.74 bits per heavy atom. The molecule has 2 aromatic carbocycles. The van der Waals surface area contributed by atoms with Gasteiger partial charge in [-0.05, 0) is 68.0 Å². The van der Waals surface area contributed by atoms with Crippen molar-refractivity contribution in [3.63, 3.8) is 0 Å². The zero-order valence-corrected chi connectivity index (χ0v) is 18.8. The van der Waals surface area contributed by atoms with Gasteiger partial charge >= 0.3 is 0 Å². The van der Waals surface area contributed by atoms with E-state index in [1.807, 2.05) is 19.1 Å². The molecule has 1 nitrogen and oxygen atoms in total. The highest BCUT2D eigenvalue weighted by Crippen LogP contribution is 2.16. The molecule has 0 aliphatic carbocycles. The molecule has 27 heavy (non-hydrogen) atoms. The van der Waals surface area contributed by atoms with Crippen LogP contribution in [0.4, 0.5) is 0 Å². The molecular weight excluding hydrogens is 366 g/mol. The molecule has 2 rings (SSSR count). The Labute approximate surface area is 175 Å². The molecule has 0 bridgehead atoms. The van der Waals surface area contributed by atoms with Crippen molar-refractivity contribution in [3.05, 3.63) is 82.4 Å². The monoisotopic (exact) mass is 397 g/mol. The summed E-state index contributed by atoms with van der Waals surface area (Å²) in [6.45, 7) is 14.2. The maximum absolute atomic E-state index is 5.58. The van der Waals surface area contributed by atoms with Crippen molar-refractivity contribution in [2.45, 2.75) is 45.9 Å². The van der Waals surface area contributed by atoms with Crippen molar-refractivity contribution in [1.29, 1.82) is 0 Å². The van der Waals surface area contributed by atoms with E-state index >= 15 is 0 Å². The van der Waals surface area contributed by atoms with Crippen molar-refractivity contribution < 1.29 is 0 Å². The minimum Gasteiger partial charge on any atom is -0.393 e. The van der Waals surface area contributed by atoms with E-state index in [1.54, 1.807) is 0 Å². The van der Waals surface area contributed by atoms with Crippen molar-refractivity contribution >= 4 is 35.9 Å². The third-order valence-electron chi connectivity index (χ3n) is 4.39. The molecule has 0 saturated carbocycles. The third-order valence-corrected chi connectivity index (χ3v) is 5.28. The minimum absolute atomic E-state index is 0.284. The molecule has 0 fully saturated rings. The Hall–Kier alpha value is -1.84. The van der Waals surface area contributed by atoms with Gasteiger partial charge in [0, 0.05) is 10.8 Å². The highest BCUT2D eigenvalue weighted by Gasteiger charge is 2.06. The Kier molecular flexibility index (Phi) is 9.54. The first-order valence-electron chi connectivity index (χ1n) is 9.08. The number of hydrogen-bond acceptors (Lipinski definition) is 2. The number of benzene rings is 2. The molecular formula is C24H31NS2. The van der Waals surface area contributed by atoms with Crippen LogP contribution in [0.2, 0.25) is 0 Å². The zero-order valence-electron chi connectivity index (χ0n) is 17.0. The van der Waals surface area contributed by atoms with Crippen LogP contribution in [0.5, 0.6) is 0 Å². The molecule has 0 aromatic heterocycles. The van der Waals surface area contributed by atoms with Gasteiger partial charge in [-0.1, -0.05) is 73.8 Å². The van der Waals surface area contributed by atoms with Crippen LogP contribution in [0, 0.1) is 26.7 Å². The van der Waals surface area contributed by atoms with Gasteiger partial charge in [0.2, 0.25) is 0 Å². The molecule has 0 aliphatic heterocycles. The summed E-state index contributed by atoms with van der Waals surface area (Å²) in [5, 5.41) is 0. The Morgan fingerprint density at radius 3 is 2.26 bits per heavy atom. The van der Waals surface area contributed by atoms with Crippen LogP contribution in [0.25, 0.3) is 6.08 Å². The summed E-state index contributed by atoms with van der Waals surface area (Å²) in [6, 6.07) is 12.7. The third kappa shape index (κ3) is 8.59. The summed E-state index contributed by atoms with van der Waals surface area (Å²) in [5.41, 5.74) is 13.0. The fraction of sp³-hybridized carbons (Fsp3) is 0.292. The second-order valence-corrected chi connectivity index (χ2v) is 8.10. The van der Waals surface area contributed by atoms with Gasteiger partial charge in [0.15, 0.2) is 0 Å². The summed E-state index contributed by atoms with van der Waals surface area (Å²) in [7, 11) is 0. The molecule has 0 heterocycles. The molecule has 0 saturated heterocycles. The van der Waals surface area contributed by atoms with Crippen LogP contribution < -0.4 is 5.73 Å². The van der Waals surface area contributed by atoms with Crippen molar-refractivity contribution in [2.75, 3.05) is 0 Å². The van der Waals surface area contributed by atoms with Crippen LogP contribution in [0.3, 0.4) is 0 Å². The van der Waals surface area contributed by atoms with Gasteiger partial charge in [0.05, 0.1) is 4.99 Å². The topological polar surface area (TPSA) is 26.0 Å². The van der Waals surface area contributed by atoms with E-state index in [0.29, 0.717) is 4.99 Å². The second-order valence-electron chi connectivity index (χ2n) is 7.15. The smallest absolute Gasteiger partial charge is 0.0759 e. The van der Waals surface area contributed by atoms with E-state index in [2.05, 4.69) is 83.3 Å². The van der Waals surface area contributed by atoms with Gasteiger partial charge in [-0.2, -0.15) is 0 Å². The van der Waals surface area contributed by atoms with E-state index in [1.165, 1.54) is 27.8 Å². The van der Waals surface area contributed by atoms with Gasteiger partial charge in [-0.15, -0.1) is 12.6 Å². The van der Waals surface area contributed by atoms with Crippen LogP contribution >= 0.6 is 24.8 Å². The summed E-state index contributed by atoms with van der Waals surface area (Å²) >= 11 is 9.31. The summed E-state index contributed by atoms with van der Waals surface area (Å²) in [4.78, 5) is 1.63. The molecule has 0 amide bonds. The van der Waals surface area contributed by atoms with E-state index in [-0.39, 0.29) is 5.92 Å². The lowest BCUT2D eigenvalue weighted by molar-refractivity contribution is 0.770. The Morgan fingerprint density at radius 1 is 1.11 bits per heavy atom. The lowest BCUT2D eigenvalue weighted by Crippen LogP contribution is -2.20. The quantitative estimate of drug-likeness (QED) is 0.336. The molecule has 0 unspecified atom stereocenters. The summed E-state index contributed by atoms with van der Waals surface area (Å²) in [5.74, 6) is 0.284. The van der Waals surface area contributed by atoms with E-state index in [0.717, 1.165) is 16.9 Å². The molecule has 1 atom stereocenters. The maximum Gasteiger partial charge on any atom is 0.0759 e. The lowest BCUT2D eigenvalue weighted by atomic mass is 9.98. The van der Waals surface area contributed by atoms with E-state index < -0.39 is 0 Å². The predicted octanol–water partition coefficient (Wildman–Crippen LogP) is 6.64. The molecule has 0 radical (unpaired) electrons. The Balaban J connectivity index is 0.000000271. The van der Waals surface area contributed by atoms with E-state index in [4.69, 9.17) is 18.0 Å². The number of allylic oxidation sites excluding steroid dienone is 2. The number of hydrogen-bond donors (Lipinski definition) is 2. The molecule has 144 valence electrons. The van der Waals surface area contributed by atoms with Crippen LogP contribution in [-0.2, 0) is 6.42 Å². The number of nitrogens with two attached hydrogens (primary N) is 1. The lowest BCUT2D eigenvalue weighted by Gasteiger charge is -2.10. The predicted molar refractivity (Wildman–Crippen MR) is 128 cm³/mol. The van der Waals surface area contributed by atoms with Gasteiger partial charge in [0.25, 0.3) is 0 Å². The molecule has 0 aliphatic rings. The van der Waals surface area contributed by atoms with Crippen LogP contribution in [0.1, 0.15) is 41.7 Å². The molecule has 0 spiro atoms. The van der Waals surface area contributed by atoms with E-state index in [9.17, 15) is 0 Å². The first-order chi connectivity index (χ1) is 12.6. The number of thiol groups is 1. The van der Waals surface area contributed by atoms with Gasteiger partial charge in [0.1, 0.15) is 0 Å².